The zero-order chi connectivity index (χ0) is 14.8. The van der Waals surface area contributed by atoms with Gasteiger partial charge in [-0.05, 0) is 44.0 Å². The molecule has 2 atom stereocenters. The van der Waals surface area contributed by atoms with E-state index in [1.165, 1.54) is 6.07 Å². The van der Waals surface area contributed by atoms with Crippen LogP contribution in [-0.2, 0) is 9.84 Å². The van der Waals surface area contributed by atoms with E-state index in [1.54, 1.807) is 12.1 Å². The van der Waals surface area contributed by atoms with E-state index in [2.05, 4.69) is 5.32 Å². The molecular formula is C14H19Cl2NO2S. The standard InChI is InChI=1S/C14H19Cl2NO2S/c1-2-17-10-4-3-5-11(8-10)20(18,19)12-6-7-13(15)14(16)9-12/h6-7,9-11,17H,2-5,8H2,1H3. The second-order valence-corrected chi connectivity index (χ2v) is 8.21. The molecular weight excluding hydrogens is 317 g/mol. The Labute approximate surface area is 130 Å². The Hall–Kier alpha value is -0.290. The number of hydrogen-bond donors (Lipinski definition) is 1. The minimum atomic E-state index is -3.34. The van der Waals surface area contributed by atoms with Crippen LogP contribution in [0.1, 0.15) is 32.6 Å². The lowest BCUT2D eigenvalue weighted by molar-refractivity contribution is 0.377. The Morgan fingerprint density at radius 2 is 2.00 bits per heavy atom. The maximum absolute atomic E-state index is 12.7. The van der Waals surface area contributed by atoms with Crippen molar-refractivity contribution in [1.82, 2.24) is 5.32 Å². The number of benzene rings is 1. The maximum atomic E-state index is 12.7. The number of sulfone groups is 1. The summed E-state index contributed by atoms with van der Waals surface area (Å²) in [5, 5.41) is 3.67. The summed E-state index contributed by atoms with van der Waals surface area (Å²) in [6.07, 6.45) is 3.35. The number of rotatable bonds is 4. The lowest BCUT2D eigenvalue weighted by Gasteiger charge is -2.29. The van der Waals surface area contributed by atoms with Gasteiger partial charge in [0.2, 0.25) is 0 Å². The molecule has 0 radical (unpaired) electrons. The molecule has 2 rings (SSSR count). The quantitative estimate of drug-likeness (QED) is 0.912. The normalized spacial score (nSPS) is 23.8. The van der Waals surface area contributed by atoms with E-state index in [0.29, 0.717) is 17.9 Å². The largest absolute Gasteiger partial charge is 0.314 e. The lowest BCUT2D eigenvalue weighted by Crippen LogP contribution is -2.38. The van der Waals surface area contributed by atoms with Crippen LogP contribution < -0.4 is 5.32 Å². The van der Waals surface area contributed by atoms with Gasteiger partial charge in [0, 0.05) is 6.04 Å². The van der Waals surface area contributed by atoms with Crippen molar-refractivity contribution in [2.24, 2.45) is 0 Å². The van der Waals surface area contributed by atoms with Gasteiger partial charge in [0.15, 0.2) is 9.84 Å². The molecule has 1 fully saturated rings. The summed E-state index contributed by atoms with van der Waals surface area (Å²) in [4.78, 5) is 0.272. The molecule has 1 aromatic rings. The highest BCUT2D eigenvalue weighted by atomic mass is 35.5. The summed E-state index contributed by atoms with van der Waals surface area (Å²) >= 11 is 11.8. The van der Waals surface area contributed by atoms with Crippen LogP contribution in [0.5, 0.6) is 0 Å². The lowest BCUT2D eigenvalue weighted by atomic mass is 9.95. The topological polar surface area (TPSA) is 46.2 Å². The highest BCUT2D eigenvalue weighted by Crippen LogP contribution is 2.32. The monoisotopic (exact) mass is 335 g/mol. The molecule has 0 aliphatic heterocycles. The molecule has 3 nitrogen and oxygen atoms in total. The van der Waals surface area contributed by atoms with Gasteiger partial charge in [-0.2, -0.15) is 0 Å². The van der Waals surface area contributed by atoms with Crippen molar-refractivity contribution in [1.29, 1.82) is 0 Å². The Kier molecular flexibility index (Phi) is 5.35. The first kappa shape index (κ1) is 16.1. The van der Waals surface area contributed by atoms with Crippen LogP contribution in [0.2, 0.25) is 10.0 Å². The fraction of sp³-hybridized carbons (Fsp3) is 0.571. The molecule has 6 heteroatoms. The Morgan fingerprint density at radius 3 is 2.65 bits per heavy atom. The third kappa shape index (κ3) is 3.48. The summed E-state index contributed by atoms with van der Waals surface area (Å²) in [6.45, 7) is 2.90. The molecule has 0 aromatic heterocycles. The van der Waals surface area contributed by atoms with Gasteiger partial charge in [-0.25, -0.2) is 8.42 Å². The van der Waals surface area contributed by atoms with E-state index in [4.69, 9.17) is 23.2 Å². The number of nitrogens with one attached hydrogen (secondary N) is 1. The molecule has 112 valence electrons. The molecule has 1 N–H and O–H groups in total. The highest BCUT2D eigenvalue weighted by molar-refractivity contribution is 7.92. The van der Waals surface area contributed by atoms with E-state index in [1.807, 2.05) is 6.92 Å². The van der Waals surface area contributed by atoms with Crippen molar-refractivity contribution in [3.8, 4) is 0 Å². The van der Waals surface area contributed by atoms with E-state index in [-0.39, 0.29) is 21.2 Å². The predicted octanol–water partition coefficient (Wildman–Crippen LogP) is 3.69. The molecule has 1 aliphatic carbocycles. The van der Waals surface area contributed by atoms with Crippen LogP contribution in [0.25, 0.3) is 0 Å². The van der Waals surface area contributed by atoms with E-state index in [0.717, 1.165) is 19.4 Å². The van der Waals surface area contributed by atoms with Gasteiger partial charge < -0.3 is 5.32 Å². The Bertz CT molecular complexity index is 573. The van der Waals surface area contributed by atoms with Crippen molar-refractivity contribution in [2.45, 2.75) is 48.8 Å². The van der Waals surface area contributed by atoms with Gasteiger partial charge in [0.25, 0.3) is 0 Å². The third-order valence-electron chi connectivity index (χ3n) is 3.78. The molecule has 0 heterocycles. The van der Waals surface area contributed by atoms with E-state index >= 15 is 0 Å². The van der Waals surface area contributed by atoms with Gasteiger partial charge in [-0.15, -0.1) is 0 Å². The molecule has 0 spiro atoms. The molecule has 0 amide bonds. The number of hydrogen-bond acceptors (Lipinski definition) is 3. The van der Waals surface area contributed by atoms with Gasteiger partial charge in [-0.3, -0.25) is 0 Å². The summed E-state index contributed by atoms with van der Waals surface area (Å²) in [5.41, 5.74) is 0. The van der Waals surface area contributed by atoms with Crippen LogP contribution >= 0.6 is 23.2 Å². The van der Waals surface area contributed by atoms with Crippen LogP contribution in [-0.4, -0.2) is 26.3 Å². The first-order chi connectivity index (χ1) is 9.45. The molecule has 20 heavy (non-hydrogen) atoms. The van der Waals surface area contributed by atoms with Crippen molar-refractivity contribution in [3.05, 3.63) is 28.2 Å². The summed E-state index contributed by atoms with van der Waals surface area (Å²) in [5.74, 6) is 0. The second-order valence-electron chi connectivity index (χ2n) is 5.16. The summed E-state index contributed by atoms with van der Waals surface area (Å²) < 4.78 is 25.3. The van der Waals surface area contributed by atoms with Crippen LogP contribution in [0, 0.1) is 0 Å². The van der Waals surface area contributed by atoms with Crippen molar-refractivity contribution in [3.63, 3.8) is 0 Å². The highest BCUT2D eigenvalue weighted by Gasteiger charge is 2.32. The maximum Gasteiger partial charge on any atom is 0.181 e. The zero-order valence-corrected chi connectivity index (χ0v) is 13.7. The summed E-state index contributed by atoms with van der Waals surface area (Å²) in [7, 11) is -3.34. The van der Waals surface area contributed by atoms with Gasteiger partial charge >= 0.3 is 0 Å². The van der Waals surface area contributed by atoms with Crippen LogP contribution in [0.3, 0.4) is 0 Å². The molecule has 1 aromatic carbocycles. The molecule has 1 aliphatic rings. The fourth-order valence-corrected chi connectivity index (χ4v) is 5.00. The second kappa shape index (κ2) is 6.65. The Morgan fingerprint density at radius 1 is 1.25 bits per heavy atom. The van der Waals surface area contributed by atoms with Crippen LogP contribution in [0.15, 0.2) is 23.1 Å². The average Bonchev–Trinajstić information content (AvgIpc) is 2.42. The van der Waals surface area contributed by atoms with Gasteiger partial charge in [0.1, 0.15) is 0 Å². The third-order valence-corrected chi connectivity index (χ3v) is 6.73. The van der Waals surface area contributed by atoms with Gasteiger partial charge in [0.05, 0.1) is 20.2 Å². The van der Waals surface area contributed by atoms with Crippen molar-refractivity contribution in [2.75, 3.05) is 6.54 Å². The van der Waals surface area contributed by atoms with E-state index in [9.17, 15) is 8.42 Å². The smallest absolute Gasteiger partial charge is 0.181 e. The van der Waals surface area contributed by atoms with Gasteiger partial charge in [-0.1, -0.05) is 36.5 Å². The Balaban J connectivity index is 2.23. The minimum absolute atomic E-state index is 0.272. The SMILES string of the molecule is CCNC1CCCC(S(=O)(=O)c2ccc(Cl)c(Cl)c2)C1. The molecule has 0 saturated heterocycles. The number of halogens is 2. The zero-order valence-electron chi connectivity index (χ0n) is 11.4. The summed E-state index contributed by atoms with van der Waals surface area (Å²) in [6, 6.07) is 4.83. The predicted molar refractivity (Wildman–Crippen MR) is 83.4 cm³/mol. The van der Waals surface area contributed by atoms with Crippen molar-refractivity contribution >= 4 is 33.0 Å². The minimum Gasteiger partial charge on any atom is -0.314 e. The average molecular weight is 336 g/mol. The first-order valence-corrected chi connectivity index (χ1v) is 9.17. The van der Waals surface area contributed by atoms with Crippen LogP contribution in [0.4, 0.5) is 0 Å². The van der Waals surface area contributed by atoms with Crippen molar-refractivity contribution < 1.29 is 8.42 Å². The van der Waals surface area contributed by atoms with E-state index < -0.39 is 9.84 Å². The molecule has 2 unspecified atom stereocenters. The first-order valence-electron chi connectivity index (χ1n) is 6.87. The molecule has 1 saturated carbocycles. The molecule has 0 bridgehead atoms. The fourth-order valence-electron chi connectivity index (χ4n) is 2.75.